The van der Waals surface area contributed by atoms with Gasteiger partial charge in [0, 0.05) is 16.8 Å². The summed E-state index contributed by atoms with van der Waals surface area (Å²) in [5.41, 5.74) is 4.67. The van der Waals surface area contributed by atoms with Crippen molar-refractivity contribution in [3.8, 4) is 0 Å². The van der Waals surface area contributed by atoms with E-state index >= 15 is 0 Å². The van der Waals surface area contributed by atoms with Gasteiger partial charge in [0.1, 0.15) is 17.8 Å². The molecule has 3 aromatic heterocycles. The zero-order valence-corrected chi connectivity index (χ0v) is 12.0. The number of aromatic nitrogens is 5. The predicted molar refractivity (Wildman–Crippen MR) is 88.0 cm³/mol. The Morgan fingerprint density at radius 2 is 2.14 bits per heavy atom. The van der Waals surface area contributed by atoms with Crippen LogP contribution in [0.5, 0.6) is 0 Å². The van der Waals surface area contributed by atoms with Crippen LogP contribution < -0.4 is 5.32 Å². The van der Waals surface area contributed by atoms with Crippen molar-refractivity contribution in [2.45, 2.75) is 6.92 Å². The Balaban J connectivity index is 1.78. The van der Waals surface area contributed by atoms with Crippen molar-refractivity contribution in [1.29, 1.82) is 0 Å². The quantitative estimate of drug-likeness (QED) is 0.538. The highest BCUT2D eigenvalue weighted by Gasteiger charge is 2.09. The van der Waals surface area contributed by atoms with Gasteiger partial charge in [0.05, 0.1) is 17.1 Å². The van der Waals surface area contributed by atoms with Gasteiger partial charge in [-0.15, -0.1) is 0 Å². The second kappa shape index (κ2) is 4.70. The summed E-state index contributed by atoms with van der Waals surface area (Å²) in [6, 6.07) is 8.01. The van der Waals surface area contributed by atoms with E-state index in [4.69, 9.17) is 0 Å². The van der Waals surface area contributed by atoms with Crippen LogP contribution in [0.4, 0.5) is 11.5 Å². The highest BCUT2D eigenvalue weighted by Crippen LogP contribution is 2.27. The maximum Gasteiger partial charge on any atom is 0.143 e. The van der Waals surface area contributed by atoms with Gasteiger partial charge in [0.2, 0.25) is 0 Å². The molecule has 108 valence electrons. The summed E-state index contributed by atoms with van der Waals surface area (Å²) < 4.78 is 0. The molecule has 0 spiro atoms. The van der Waals surface area contributed by atoms with Crippen LogP contribution in [-0.4, -0.2) is 25.1 Å². The second-order valence-electron chi connectivity index (χ2n) is 5.24. The molecule has 0 fully saturated rings. The van der Waals surface area contributed by atoms with E-state index in [1.54, 1.807) is 12.5 Å². The van der Waals surface area contributed by atoms with Crippen LogP contribution in [0.3, 0.4) is 0 Å². The van der Waals surface area contributed by atoms with Crippen molar-refractivity contribution in [2.24, 2.45) is 0 Å². The van der Waals surface area contributed by atoms with Crippen LogP contribution in [0.15, 0.2) is 43.4 Å². The van der Waals surface area contributed by atoms with E-state index < -0.39 is 0 Å². The number of fused-ring (bicyclic) bond motifs is 2. The van der Waals surface area contributed by atoms with Gasteiger partial charge in [0.15, 0.2) is 0 Å². The largest absolute Gasteiger partial charge is 0.340 e. The zero-order chi connectivity index (χ0) is 15.1. The van der Waals surface area contributed by atoms with E-state index in [0.717, 1.165) is 44.7 Å². The van der Waals surface area contributed by atoms with Gasteiger partial charge in [-0.1, -0.05) is 6.58 Å². The summed E-state index contributed by atoms with van der Waals surface area (Å²) in [5.74, 6) is 0.761. The minimum Gasteiger partial charge on any atom is -0.340 e. The summed E-state index contributed by atoms with van der Waals surface area (Å²) >= 11 is 0. The number of hydrogen-bond acceptors (Lipinski definition) is 4. The van der Waals surface area contributed by atoms with Gasteiger partial charge in [-0.25, -0.2) is 9.97 Å². The Morgan fingerprint density at radius 1 is 1.23 bits per heavy atom. The average molecular weight is 290 g/mol. The average Bonchev–Trinajstić information content (AvgIpc) is 3.13. The second-order valence-corrected chi connectivity index (χ2v) is 5.24. The molecule has 6 heteroatoms. The number of nitrogens with one attached hydrogen (secondary N) is 3. The van der Waals surface area contributed by atoms with Crippen LogP contribution in [0.2, 0.25) is 0 Å². The fourth-order valence-electron chi connectivity index (χ4n) is 2.43. The van der Waals surface area contributed by atoms with E-state index in [0.29, 0.717) is 0 Å². The van der Waals surface area contributed by atoms with Crippen LogP contribution in [-0.2, 0) is 0 Å². The van der Waals surface area contributed by atoms with Crippen LogP contribution in [0, 0.1) is 0 Å². The van der Waals surface area contributed by atoms with Gasteiger partial charge in [0.25, 0.3) is 0 Å². The van der Waals surface area contributed by atoms with E-state index in [1.807, 2.05) is 31.2 Å². The first-order valence-electron chi connectivity index (χ1n) is 6.90. The molecule has 4 rings (SSSR count). The Kier molecular flexibility index (Phi) is 2.69. The van der Waals surface area contributed by atoms with Crippen molar-refractivity contribution in [1.82, 2.24) is 25.1 Å². The molecule has 1 aromatic carbocycles. The molecule has 0 atom stereocenters. The first-order valence-corrected chi connectivity index (χ1v) is 6.90. The molecule has 0 saturated heterocycles. The summed E-state index contributed by atoms with van der Waals surface area (Å²) in [6.07, 6.45) is 3.34. The van der Waals surface area contributed by atoms with Crippen LogP contribution >= 0.6 is 0 Å². The van der Waals surface area contributed by atoms with Crippen LogP contribution in [0.1, 0.15) is 12.6 Å². The van der Waals surface area contributed by atoms with Gasteiger partial charge in [-0.2, -0.15) is 5.10 Å². The van der Waals surface area contributed by atoms with Gasteiger partial charge in [-0.3, -0.25) is 5.10 Å². The summed E-state index contributed by atoms with van der Waals surface area (Å²) in [5, 5.41) is 12.3. The molecular formula is C16H14N6. The van der Waals surface area contributed by atoms with Crippen molar-refractivity contribution in [3.63, 3.8) is 0 Å². The number of anilines is 2. The number of hydrogen-bond donors (Lipinski definition) is 3. The summed E-state index contributed by atoms with van der Waals surface area (Å²) in [6.45, 7) is 5.91. The first kappa shape index (κ1) is 12.6. The fourth-order valence-corrected chi connectivity index (χ4v) is 2.43. The highest BCUT2D eigenvalue weighted by atomic mass is 15.1. The van der Waals surface area contributed by atoms with E-state index in [1.165, 1.54) is 0 Å². The number of rotatable bonds is 3. The Bertz CT molecular complexity index is 994. The Hall–Kier alpha value is -3.15. The number of aromatic amines is 2. The topological polar surface area (TPSA) is 82.3 Å². The molecule has 0 radical (unpaired) electrons. The third-order valence-electron chi connectivity index (χ3n) is 3.59. The Morgan fingerprint density at radius 3 is 3.00 bits per heavy atom. The monoisotopic (exact) mass is 290 g/mol. The maximum absolute atomic E-state index is 4.35. The Labute approximate surface area is 126 Å². The van der Waals surface area contributed by atoms with Crippen molar-refractivity contribution < 1.29 is 0 Å². The normalized spacial score (nSPS) is 11.1. The minimum absolute atomic E-state index is 0.761. The zero-order valence-electron chi connectivity index (χ0n) is 12.0. The molecule has 0 amide bonds. The van der Waals surface area contributed by atoms with Gasteiger partial charge < -0.3 is 10.3 Å². The molecule has 3 heterocycles. The molecule has 4 aromatic rings. The molecule has 0 bridgehead atoms. The van der Waals surface area contributed by atoms with Crippen molar-refractivity contribution in [3.05, 3.63) is 49.1 Å². The number of benzene rings is 1. The van der Waals surface area contributed by atoms with E-state index in [9.17, 15) is 0 Å². The van der Waals surface area contributed by atoms with Gasteiger partial charge >= 0.3 is 0 Å². The predicted octanol–water partition coefficient (Wildman–Crippen LogP) is 3.61. The molecular weight excluding hydrogens is 276 g/mol. The maximum atomic E-state index is 4.35. The molecule has 6 nitrogen and oxygen atoms in total. The minimum atomic E-state index is 0.761. The van der Waals surface area contributed by atoms with Crippen molar-refractivity contribution in [2.75, 3.05) is 5.32 Å². The SMILES string of the molecule is C=C(C)c1cc2c(Nc3ccc4[nH]ncc4c3)ncnc2[nH]1. The fraction of sp³-hybridized carbons (Fsp3) is 0.0625. The lowest BCUT2D eigenvalue weighted by atomic mass is 10.2. The molecule has 0 aliphatic rings. The lowest BCUT2D eigenvalue weighted by molar-refractivity contribution is 1.12. The third kappa shape index (κ3) is 2.01. The number of allylic oxidation sites excluding steroid dienone is 1. The lowest BCUT2D eigenvalue weighted by Crippen LogP contribution is -1.94. The third-order valence-corrected chi connectivity index (χ3v) is 3.59. The molecule has 0 saturated carbocycles. The summed E-state index contributed by atoms with van der Waals surface area (Å²) in [7, 11) is 0. The first-order chi connectivity index (χ1) is 10.7. The molecule has 0 unspecified atom stereocenters. The molecule has 3 N–H and O–H groups in total. The van der Waals surface area contributed by atoms with Crippen LogP contribution in [0.25, 0.3) is 27.5 Å². The molecule has 0 aliphatic heterocycles. The van der Waals surface area contributed by atoms with E-state index in [-0.39, 0.29) is 0 Å². The number of nitrogens with zero attached hydrogens (tertiary/aromatic N) is 3. The molecule has 22 heavy (non-hydrogen) atoms. The lowest BCUT2D eigenvalue weighted by Gasteiger charge is -2.06. The van der Waals surface area contributed by atoms with Gasteiger partial charge in [-0.05, 0) is 36.8 Å². The smallest absolute Gasteiger partial charge is 0.143 e. The molecule has 0 aliphatic carbocycles. The van der Waals surface area contributed by atoms with Crippen molar-refractivity contribution >= 4 is 39.0 Å². The van der Waals surface area contributed by atoms with E-state index in [2.05, 4.69) is 37.0 Å². The summed E-state index contributed by atoms with van der Waals surface area (Å²) in [4.78, 5) is 11.9. The highest BCUT2D eigenvalue weighted by molar-refractivity contribution is 5.92. The standard InChI is InChI=1S/C16H14N6/c1-9(2)14-6-12-15(17-8-18-16(12)21-14)20-11-3-4-13-10(5-11)7-19-22-13/h3-8H,1H2,2H3,(H,19,22)(H2,17,18,20,21). The number of H-pyrrole nitrogens is 2.